The topological polar surface area (TPSA) is 61.1 Å². The second kappa shape index (κ2) is 5.87. The lowest BCUT2D eigenvalue weighted by atomic mass is 10.2. The van der Waals surface area contributed by atoms with Crippen LogP contribution in [0.15, 0.2) is 21.5 Å². The molecule has 0 aliphatic heterocycles. The highest BCUT2D eigenvalue weighted by molar-refractivity contribution is 9.10. The molecule has 3 nitrogen and oxygen atoms in total. The molecule has 0 radical (unpaired) electrons. The van der Waals surface area contributed by atoms with Crippen molar-refractivity contribution < 1.29 is 14.3 Å². The van der Waals surface area contributed by atoms with Crippen molar-refractivity contribution in [3.63, 3.8) is 0 Å². The van der Waals surface area contributed by atoms with E-state index in [4.69, 9.17) is 10.4 Å². The highest BCUT2D eigenvalue weighted by Crippen LogP contribution is 2.30. The average Bonchev–Trinajstić information content (AvgIpc) is 2.24. The van der Waals surface area contributed by atoms with Gasteiger partial charge in [0.05, 0.1) is 16.5 Å². The summed E-state index contributed by atoms with van der Waals surface area (Å²) in [5, 5.41) is 17.1. The molecule has 0 heterocycles. The molecule has 0 unspecified atom stereocenters. The normalized spacial score (nSPS) is 9.81. The van der Waals surface area contributed by atoms with Crippen LogP contribution in [0, 0.1) is 17.1 Å². The van der Waals surface area contributed by atoms with Crippen LogP contribution in [-0.2, 0) is 4.79 Å². The first kappa shape index (κ1) is 13.0. The highest BCUT2D eigenvalue weighted by Gasteiger charge is 2.11. The molecule has 0 atom stereocenters. The van der Waals surface area contributed by atoms with E-state index in [0.29, 0.717) is 10.6 Å². The van der Waals surface area contributed by atoms with E-state index in [9.17, 15) is 9.18 Å². The van der Waals surface area contributed by atoms with Gasteiger partial charge in [-0.05, 0) is 28.1 Å². The van der Waals surface area contributed by atoms with Crippen molar-refractivity contribution >= 4 is 33.7 Å². The van der Waals surface area contributed by atoms with Gasteiger partial charge in [0.15, 0.2) is 5.82 Å². The first-order valence-electron chi connectivity index (χ1n) is 4.29. The second-order valence-electron chi connectivity index (χ2n) is 2.84. The fraction of sp³-hybridized carbons (Fsp3) is 0.200. The molecule has 1 rings (SSSR count). The molecule has 0 aromatic heterocycles. The molecule has 0 fully saturated rings. The van der Waals surface area contributed by atoms with Crippen LogP contribution in [0.4, 0.5) is 4.39 Å². The molecule has 0 aliphatic carbocycles. The quantitative estimate of drug-likeness (QED) is 0.869. The van der Waals surface area contributed by atoms with Crippen LogP contribution in [0.1, 0.15) is 12.0 Å². The lowest BCUT2D eigenvalue weighted by Crippen LogP contribution is -1.96. The van der Waals surface area contributed by atoms with Crippen molar-refractivity contribution in [1.82, 2.24) is 0 Å². The fourth-order valence-electron chi connectivity index (χ4n) is 0.978. The Morgan fingerprint density at radius 2 is 2.31 bits per heavy atom. The molecule has 0 saturated heterocycles. The van der Waals surface area contributed by atoms with Gasteiger partial charge in [-0.3, -0.25) is 4.79 Å². The predicted octanol–water partition coefficient (Wildman–Crippen LogP) is 3.03. The third-order valence-corrected chi connectivity index (χ3v) is 3.55. The molecule has 1 aromatic rings. The Kier molecular flexibility index (Phi) is 4.77. The molecular weight excluding hydrogens is 297 g/mol. The molecule has 0 aliphatic rings. The van der Waals surface area contributed by atoms with Crippen molar-refractivity contribution in [3.8, 4) is 6.07 Å². The number of nitrogens with zero attached hydrogens (tertiary/aromatic N) is 1. The maximum atomic E-state index is 13.6. The number of benzene rings is 1. The number of aliphatic carboxylic acids is 1. The van der Waals surface area contributed by atoms with E-state index in [1.807, 2.05) is 6.07 Å². The predicted molar refractivity (Wildman–Crippen MR) is 61.8 cm³/mol. The van der Waals surface area contributed by atoms with Gasteiger partial charge in [-0.2, -0.15) is 5.26 Å². The lowest BCUT2D eigenvalue weighted by Gasteiger charge is -2.04. The largest absolute Gasteiger partial charge is 0.481 e. The molecule has 0 saturated carbocycles. The van der Waals surface area contributed by atoms with Crippen molar-refractivity contribution in [1.29, 1.82) is 5.26 Å². The zero-order valence-electron chi connectivity index (χ0n) is 8.04. The van der Waals surface area contributed by atoms with Crippen molar-refractivity contribution in [2.45, 2.75) is 11.3 Å². The number of hydrogen-bond donors (Lipinski definition) is 1. The number of nitriles is 1. The SMILES string of the molecule is N#Cc1ccc(SCCC(=O)O)c(F)c1Br. The Morgan fingerprint density at radius 1 is 1.62 bits per heavy atom. The molecule has 0 spiro atoms. The first-order valence-corrected chi connectivity index (χ1v) is 6.06. The highest BCUT2D eigenvalue weighted by atomic mass is 79.9. The third-order valence-electron chi connectivity index (χ3n) is 1.74. The van der Waals surface area contributed by atoms with E-state index >= 15 is 0 Å². The Balaban J connectivity index is 2.79. The van der Waals surface area contributed by atoms with Crippen LogP contribution in [0.25, 0.3) is 0 Å². The van der Waals surface area contributed by atoms with E-state index in [2.05, 4.69) is 15.9 Å². The van der Waals surface area contributed by atoms with Gasteiger partial charge in [0, 0.05) is 10.6 Å². The fourth-order valence-corrected chi connectivity index (χ4v) is 2.43. The molecule has 0 amide bonds. The number of rotatable bonds is 4. The zero-order chi connectivity index (χ0) is 12.1. The molecule has 1 N–H and O–H groups in total. The van der Waals surface area contributed by atoms with Crippen LogP contribution in [0.5, 0.6) is 0 Å². The zero-order valence-corrected chi connectivity index (χ0v) is 10.4. The minimum absolute atomic E-state index is 0.0261. The lowest BCUT2D eigenvalue weighted by molar-refractivity contribution is -0.136. The number of carboxylic acids is 1. The van der Waals surface area contributed by atoms with E-state index < -0.39 is 11.8 Å². The van der Waals surface area contributed by atoms with Crippen LogP contribution in [-0.4, -0.2) is 16.8 Å². The Hall–Kier alpha value is -1.06. The Labute approximate surface area is 104 Å². The van der Waals surface area contributed by atoms with E-state index in [1.165, 1.54) is 12.1 Å². The monoisotopic (exact) mass is 303 g/mol. The number of thioether (sulfide) groups is 1. The summed E-state index contributed by atoms with van der Waals surface area (Å²) in [7, 11) is 0. The Morgan fingerprint density at radius 3 is 2.88 bits per heavy atom. The molecule has 0 bridgehead atoms. The van der Waals surface area contributed by atoms with Crippen LogP contribution < -0.4 is 0 Å². The summed E-state index contributed by atoms with van der Waals surface area (Å²) in [5.74, 6) is -1.14. The maximum Gasteiger partial charge on any atom is 0.304 e. The molecular formula is C10H7BrFNO2S. The molecule has 84 valence electrons. The summed E-state index contributed by atoms with van der Waals surface area (Å²) in [6, 6.07) is 4.82. The summed E-state index contributed by atoms with van der Waals surface area (Å²) in [4.78, 5) is 10.6. The van der Waals surface area contributed by atoms with Crippen molar-refractivity contribution in [2.24, 2.45) is 0 Å². The van der Waals surface area contributed by atoms with Gasteiger partial charge in [-0.25, -0.2) is 4.39 Å². The number of hydrogen-bond acceptors (Lipinski definition) is 3. The summed E-state index contributed by atoms with van der Waals surface area (Å²) >= 11 is 4.10. The van der Waals surface area contributed by atoms with Crippen LogP contribution in [0.2, 0.25) is 0 Å². The maximum absolute atomic E-state index is 13.6. The minimum Gasteiger partial charge on any atom is -0.481 e. The minimum atomic E-state index is -0.916. The third kappa shape index (κ3) is 3.22. The van der Waals surface area contributed by atoms with Crippen molar-refractivity contribution in [3.05, 3.63) is 28.0 Å². The van der Waals surface area contributed by atoms with E-state index in [0.717, 1.165) is 11.8 Å². The molecule has 1 aromatic carbocycles. The average molecular weight is 304 g/mol. The second-order valence-corrected chi connectivity index (χ2v) is 4.77. The smallest absolute Gasteiger partial charge is 0.304 e. The van der Waals surface area contributed by atoms with Crippen LogP contribution in [0.3, 0.4) is 0 Å². The van der Waals surface area contributed by atoms with Gasteiger partial charge in [0.1, 0.15) is 6.07 Å². The van der Waals surface area contributed by atoms with E-state index in [-0.39, 0.29) is 16.5 Å². The van der Waals surface area contributed by atoms with Gasteiger partial charge in [0.2, 0.25) is 0 Å². The first-order chi connectivity index (χ1) is 7.56. The van der Waals surface area contributed by atoms with Gasteiger partial charge in [0.25, 0.3) is 0 Å². The standard InChI is InChI=1S/C10H7BrFNO2S/c11-9-6(5-13)1-2-7(10(9)12)16-4-3-8(14)15/h1-2H,3-4H2,(H,14,15). The number of carboxylic acid groups (broad SMARTS) is 1. The summed E-state index contributed by atoms with van der Waals surface area (Å²) in [6.45, 7) is 0. The van der Waals surface area contributed by atoms with Gasteiger partial charge >= 0.3 is 5.97 Å². The number of halogens is 2. The summed E-state index contributed by atoms with van der Waals surface area (Å²) < 4.78 is 13.7. The van der Waals surface area contributed by atoms with Gasteiger partial charge in [-0.1, -0.05) is 0 Å². The summed E-state index contributed by atoms with van der Waals surface area (Å²) in [5.41, 5.74) is 0.222. The molecule has 16 heavy (non-hydrogen) atoms. The van der Waals surface area contributed by atoms with E-state index in [1.54, 1.807) is 0 Å². The molecule has 6 heteroatoms. The summed E-state index contributed by atoms with van der Waals surface area (Å²) in [6.07, 6.45) is -0.0261. The Bertz CT molecular complexity index is 459. The number of carbonyl (C=O) groups is 1. The van der Waals surface area contributed by atoms with Gasteiger partial charge in [-0.15, -0.1) is 11.8 Å². The van der Waals surface area contributed by atoms with Crippen molar-refractivity contribution in [2.75, 3.05) is 5.75 Å². The van der Waals surface area contributed by atoms with Gasteiger partial charge < -0.3 is 5.11 Å². The van der Waals surface area contributed by atoms with Crippen LogP contribution >= 0.6 is 27.7 Å².